The van der Waals surface area contributed by atoms with Crippen molar-refractivity contribution in [3.63, 3.8) is 0 Å². The Kier molecular flexibility index (Phi) is 6.21. The largest absolute Gasteiger partial charge is 0.493 e. The minimum atomic E-state index is -0.532. The van der Waals surface area contributed by atoms with E-state index in [0.717, 1.165) is 5.56 Å². The van der Waals surface area contributed by atoms with E-state index in [1.165, 1.54) is 0 Å². The topological polar surface area (TPSA) is 86.0 Å². The lowest BCUT2D eigenvalue weighted by molar-refractivity contribution is -0.0811. The van der Waals surface area contributed by atoms with Gasteiger partial charge >= 0.3 is 0 Å². The quantitative estimate of drug-likeness (QED) is 0.814. The minimum Gasteiger partial charge on any atom is -0.493 e. The molecule has 0 aliphatic carbocycles. The van der Waals surface area contributed by atoms with Crippen LogP contribution < -0.4 is 9.47 Å². The molecule has 152 valence electrons. The molecular weight excluding hydrogens is 362 g/mol. The normalized spacial score (nSPS) is 19.7. The Balaban J connectivity index is 1.97. The van der Waals surface area contributed by atoms with Crippen LogP contribution in [-0.4, -0.2) is 65.8 Å². The number of morpholine rings is 1. The van der Waals surface area contributed by atoms with Gasteiger partial charge in [0.2, 0.25) is 0 Å². The zero-order valence-corrected chi connectivity index (χ0v) is 16.7. The standard InChI is InChI=1S/C20H27N3O5/c1-13(2)23-11-15(10-21-23)20(25)22-7-8-28-18(12-24)19(22)14-5-6-16(26-3)17(9-14)27-4/h5-6,9-11,13,18-19,24H,7-8,12H2,1-4H3. The van der Waals surface area contributed by atoms with Crippen molar-refractivity contribution in [2.75, 3.05) is 34.0 Å². The highest BCUT2D eigenvalue weighted by Crippen LogP contribution is 2.36. The third-order valence-corrected chi connectivity index (χ3v) is 4.92. The van der Waals surface area contributed by atoms with Gasteiger partial charge in [0, 0.05) is 18.8 Å². The molecule has 3 rings (SSSR count). The number of carbonyl (C=O) groups is 1. The maximum atomic E-state index is 13.2. The predicted molar refractivity (Wildman–Crippen MR) is 103 cm³/mol. The van der Waals surface area contributed by atoms with Crippen molar-refractivity contribution in [2.45, 2.75) is 32.0 Å². The molecule has 1 aromatic carbocycles. The van der Waals surface area contributed by atoms with Gasteiger partial charge in [-0.2, -0.15) is 5.10 Å². The van der Waals surface area contributed by atoms with Crippen molar-refractivity contribution in [3.8, 4) is 11.5 Å². The highest BCUT2D eigenvalue weighted by atomic mass is 16.5. The molecule has 28 heavy (non-hydrogen) atoms. The fraction of sp³-hybridized carbons (Fsp3) is 0.500. The number of methoxy groups -OCH3 is 2. The van der Waals surface area contributed by atoms with Gasteiger partial charge in [-0.05, 0) is 31.5 Å². The summed E-state index contributed by atoms with van der Waals surface area (Å²) in [7, 11) is 3.13. The van der Waals surface area contributed by atoms with E-state index < -0.39 is 12.1 Å². The average molecular weight is 389 g/mol. The maximum absolute atomic E-state index is 13.2. The Labute approximate surface area is 164 Å². The lowest BCUT2D eigenvalue weighted by atomic mass is 9.97. The second-order valence-electron chi connectivity index (χ2n) is 6.95. The summed E-state index contributed by atoms with van der Waals surface area (Å²) in [5.74, 6) is 1.01. The molecule has 0 radical (unpaired) electrons. The molecule has 1 N–H and O–H groups in total. The Morgan fingerprint density at radius 3 is 2.68 bits per heavy atom. The first kappa shape index (κ1) is 20.2. The monoisotopic (exact) mass is 389 g/mol. The van der Waals surface area contributed by atoms with E-state index in [4.69, 9.17) is 14.2 Å². The average Bonchev–Trinajstić information content (AvgIpc) is 3.22. The number of rotatable bonds is 6. The van der Waals surface area contributed by atoms with Gasteiger partial charge < -0.3 is 24.2 Å². The first-order valence-electron chi connectivity index (χ1n) is 9.29. The molecule has 2 heterocycles. The summed E-state index contributed by atoms with van der Waals surface area (Å²) in [5.41, 5.74) is 1.32. The van der Waals surface area contributed by atoms with Gasteiger partial charge in [0.1, 0.15) is 6.10 Å². The number of aliphatic hydroxyl groups excluding tert-OH is 1. The van der Waals surface area contributed by atoms with Crippen LogP contribution in [0.25, 0.3) is 0 Å². The van der Waals surface area contributed by atoms with Crippen LogP contribution in [0.2, 0.25) is 0 Å². The lowest BCUT2D eigenvalue weighted by Gasteiger charge is -2.40. The van der Waals surface area contributed by atoms with E-state index in [1.54, 1.807) is 42.3 Å². The van der Waals surface area contributed by atoms with E-state index in [0.29, 0.717) is 30.2 Å². The maximum Gasteiger partial charge on any atom is 0.257 e. The van der Waals surface area contributed by atoms with E-state index in [1.807, 2.05) is 26.0 Å². The van der Waals surface area contributed by atoms with E-state index in [9.17, 15) is 9.90 Å². The first-order chi connectivity index (χ1) is 13.5. The number of amides is 1. The highest BCUT2D eigenvalue weighted by molar-refractivity contribution is 5.94. The molecule has 0 spiro atoms. The van der Waals surface area contributed by atoms with Crippen LogP contribution in [0.3, 0.4) is 0 Å². The van der Waals surface area contributed by atoms with Gasteiger partial charge in [0.05, 0.1) is 45.2 Å². The van der Waals surface area contributed by atoms with Crippen LogP contribution in [0.5, 0.6) is 11.5 Å². The zero-order valence-electron chi connectivity index (χ0n) is 16.7. The van der Waals surface area contributed by atoms with Crippen LogP contribution in [-0.2, 0) is 4.74 Å². The van der Waals surface area contributed by atoms with Crippen molar-refractivity contribution in [1.82, 2.24) is 14.7 Å². The number of ether oxygens (including phenoxy) is 3. The molecule has 1 amide bonds. The molecule has 2 atom stereocenters. The van der Waals surface area contributed by atoms with Crippen molar-refractivity contribution in [2.24, 2.45) is 0 Å². The molecule has 1 aliphatic heterocycles. The van der Waals surface area contributed by atoms with Crippen molar-refractivity contribution < 1.29 is 24.1 Å². The van der Waals surface area contributed by atoms with Crippen LogP contribution >= 0.6 is 0 Å². The molecule has 1 saturated heterocycles. The second kappa shape index (κ2) is 8.62. The fourth-order valence-electron chi connectivity index (χ4n) is 3.44. The van der Waals surface area contributed by atoms with Gasteiger partial charge in [-0.25, -0.2) is 0 Å². The van der Waals surface area contributed by atoms with Crippen molar-refractivity contribution >= 4 is 5.91 Å². The molecule has 0 bridgehead atoms. The van der Waals surface area contributed by atoms with E-state index >= 15 is 0 Å². The highest BCUT2D eigenvalue weighted by Gasteiger charge is 2.37. The number of aromatic nitrogens is 2. The number of hydrogen-bond acceptors (Lipinski definition) is 6. The third-order valence-electron chi connectivity index (χ3n) is 4.92. The Morgan fingerprint density at radius 2 is 2.07 bits per heavy atom. The van der Waals surface area contributed by atoms with Crippen LogP contribution in [0.15, 0.2) is 30.6 Å². The predicted octanol–water partition coefficient (Wildman–Crippen LogP) is 2.06. The molecule has 2 aromatic rings. The summed E-state index contributed by atoms with van der Waals surface area (Å²) in [4.78, 5) is 15.0. The summed E-state index contributed by atoms with van der Waals surface area (Å²) in [6.45, 7) is 4.59. The zero-order chi connectivity index (χ0) is 20.3. The lowest BCUT2D eigenvalue weighted by Crippen LogP contribution is -2.49. The summed E-state index contributed by atoms with van der Waals surface area (Å²) < 4.78 is 18.2. The van der Waals surface area contributed by atoms with E-state index in [2.05, 4.69) is 5.10 Å². The fourth-order valence-corrected chi connectivity index (χ4v) is 3.44. The third kappa shape index (κ3) is 3.83. The minimum absolute atomic E-state index is 0.145. The number of nitrogens with zero attached hydrogens (tertiary/aromatic N) is 3. The second-order valence-corrected chi connectivity index (χ2v) is 6.95. The molecule has 2 unspecified atom stereocenters. The molecule has 8 heteroatoms. The summed E-state index contributed by atoms with van der Waals surface area (Å²) in [5, 5.41) is 14.1. The number of benzene rings is 1. The van der Waals surface area contributed by atoms with Gasteiger partial charge in [0.25, 0.3) is 5.91 Å². The molecule has 1 aromatic heterocycles. The molecule has 1 fully saturated rings. The molecule has 1 aliphatic rings. The van der Waals surface area contributed by atoms with Crippen LogP contribution in [0.1, 0.15) is 41.9 Å². The molecular formula is C20H27N3O5. The number of hydrogen-bond donors (Lipinski definition) is 1. The van der Waals surface area contributed by atoms with Crippen molar-refractivity contribution in [3.05, 3.63) is 41.7 Å². The van der Waals surface area contributed by atoms with Crippen LogP contribution in [0.4, 0.5) is 0 Å². The van der Waals surface area contributed by atoms with Gasteiger partial charge in [-0.1, -0.05) is 6.07 Å². The van der Waals surface area contributed by atoms with Gasteiger partial charge in [-0.3, -0.25) is 9.48 Å². The molecule has 8 nitrogen and oxygen atoms in total. The van der Waals surface area contributed by atoms with Crippen molar-refractivity contribution in [1.29, 1.82) is 0 Å². The Bertz CT molecular complexity index is 820. The summed E-state index contributed by atoms with van der Waals surface area (Å²) in [6.07, 6.45) is 2.80. The summed E-state index contributed by atoms with van der Waals surface area (Å²) >= 11 is 0. The smallest absolute Gasteiger partial charge is 0.257 e. The number of carbonyl (C=O) groups excluding carboxylic acids is 1. The Morgan fingerprint density at radius 1 is 1.32 bits per heavy atom. The van der Waals surface area contributed by atoms with Gasteiger partial charge in [-0.15, -0.1) is 0 Å². The van der Waals surface area contributed by atoms with Crippen LogP contribution in [0, 0.1) is 0 Å². The SMILES string of the molecule is COc1ccc(C2C(CO)OCCN2C(=O)c2cnn(C(C)C)c2)cc1OC. The summed E-state index contributed by atoms with van der Waals surface area (Å²) in [6, 6.07) is 5.18. The Hall–Kier alpha value is -2.58. The molecule has 0 saturated carbocycles. The first-order valence-corrected chi connectivity index (χ1v) is 9.29. The van der Waals surface area contributed by atoms with Gasteiger partial charge in [0.15, 0.2) is 11.5 Å². The number of aliphatic hydroxyl groups is 1. The van der Waals surface area contributed by atoms with E-state index in [-0.39, 0.29) is 18.6 Å².